The average molecular weight is 267 g/mol. The van der Waals surface area contributed by atoms with Gasteiger partial charge in [-0.05, 0) is 12.1 Å². The van der Waals surface area contributed by atoms with E-state index < -0.39 is 12.2 Å². The van der Waals surface area contributed by atoms with Crippen molar-refractivity contribution in [1.82, 2.24) is 4.90 Å². The summed E-state index contributed by atoms with van der Waals surface area (Å²) in [5.41, 5.74) is 0. The van der Waals surface area contributed by atoms with Crippen molar-refractivity contribution in [2.24, 2.45) is 0 Å². The van der Waals surface area contributed by atoms with Crippen LogP contribution in [0.25, 0.3) is 0 Å². The number of ether oxygens (including phenoxy) is 2. The Bertz CT molecular complexity index is 440. The van der Waals surface area contributed by atoms with Gasteiger partial charge in [-0.1, -0.05) is 12.1 Å². The lowest BCUT2D eigenvalue weighted by molar-refractivity contribution is -0.132. The van der Waals surface area contributed by atoms with Crippen molar-refractivity contribution in [3.8, 4) is 11.5 Å². The van der Waals surface area contributed by atoms with Crippen LogP contribution in [0.5, 0.6) is 11.5 Å². The number of likely N-dealkylation sites (tertiary alicyclic amines) is 1. The summed E-state index contributed by atoms with van der Waals surface area (Å²) in [5, 5.41) is 18.8. The molecular weight excluding hydrogens is 250 g/mol. The zero-order valence-corrected chi connectivity index (χ0v) is 10.7. The van der Waals surface area contributed by atoms with Crippen molar-refractivity contribution in [3.63, 3.8) is 0 Å². The molecule has 1 fully saturated rings. The van der Waals surface area contributed by atoms with Crippen LogP contribution in [0, 0.1) is 0 Å². The Balaban J connectivity index is 1.90. The monoisotopic (exact) mass is 267 g/mol. The molecule has 2 atom stereocenters. The zero-order valence-electron chi connectivity index (χ0n) is 10.7. The number of para-hydroxylation sites is 2. The largest absolute Gasteiger partial charge is 0.493 e. The van der Waals surface area contributed by atoms with E-state index in [9.17, 15) is 15.0 Å². The Morgan fingerprint density at radius 2 is 1.84 bits per heavy atom. The van der Waals surface area contributed by atoms with Gasteiger partial charge in [-0.3, -0.25) is 4.79 Å². The van der Waals surface area contributed by atoms with Crippen LogP contribution in [0.4, 0.5) is 0 Å². The third-order valence-corrected chi connectivity index (χ3v) is 3.03. The molecule has 1 amide bonds. The number of aliphatic hydroxyl groups is 2. The van der Waals surface area contributed by atoms with Gasteiger partial charge in [0, 0.05) is 13.1 Å². The van der Waals surface area contributed by atoms with Crippen LogP contribution in [-0.2, 0) is 4.79 Å². The van der Waals surface area contributed by atoms with Crippen LogP contribution in [0.1, 0.15) is 0 Å². The first-order valence-corrected chi connectivity index (χ1v) is 6.01. The molecule has 1 saturated heterocycles. The molecule has 104 valence electrons. The Morgan fingerprint density at radius 3 is 2.42 bits per heavy atom. The van der Waals surface area contributed by atoms with E-state index in [-0.39, 0.29) is 25.6 Å². The molecule has 2 N–H and O–H groups in total. The molecule has 2 rings (SSSR count). The van der Waals surface area contributed by atoms with Crippen molar-refractivity contribution < 1.29 is 24.5 Å². The number of hydrogen-bond donors (Lipinski definition) is 2. The van der Waals surface area contributed by atoms with Crippen molar-refractivity contribution in [1.29, 1.82) is 0 Å². The van der Waals surface area contributed by atoms with Gasteiger partial charge in [0.2, 0.25) is 0 Å². The first kappa shape index (κ1) is 13.6. The second-order valence-corrected chi connectivity index (χ2v) is 4.37. The Morgan fingerprint density at radius 1 is 1.26 bits per heavy atom. The maximum Gasteiger partial charge on any atom is 0.260 e. The molecule has 6 heteroatoms. The van der Waals surface area contributed by atoms with Gasteiger partial charge in [0.05, 0.1) is 19.3 Å². The maximum absolute atomic E-state index is 11.8. The normalized spacial score (nSPS) is 22.4. The van der Waals surface area contributed by atoms with E-state index >= 15 is 0 Å². The summed E-state index contributed by atoms with van der Waals surface area (Å²) in [6.07, 6.45) is -1.76. The molecule has 1 aromatic rings. The molecule has 1 aliphatic heterocycles. The number of amides is 1. The summed E-state index contributed by atoms with van der Waals surface area (Å²) >= 11 is 0. The number of aliphatic hydroxyl groups excluding tert-OH is 2. The number of β-amino-alcohol motifs (C(OH)–C–C–N with tert-alkyl or cyclic N) is 2. The molecule has 1 aromatic carbocycles. The highest BCUT2D eigenvalue weighted by atomic mass is 16.5. The van der Waals surface area contributed by atoms with E-state index in [4.69, 9.17) is 9.47 Å². The summed E-state index contributed by atoms with van der Waals surface area (Å²) in [4.78, 5) is 13.2. The minimum Gasteiger partial charge on any atom is -0.493 e. The lowest BCUT2D eigenvalue weighted by Gasteiger charge is -2.16. The van der Waals surface area contributed by atoms with Gasteiger partial charge in [-0.15, -0.1) is 0 Å². The number of hydrogen-bond acceptors (Lipinski definition) is 5. The Labute approximate surface area is 111 Å². The summed E-state index contributed by atoms with van der Waals surface area (Å²) in [6.45, 7) is 0.115. The standard InChI is InChI=1S/C13H17NO5/c1-18-11-4-2-3-5-12(11)19-8-13(17)14-6-9(15)10(16)7-14/h2-5,9-10,15-16H,6-8H2,1H3/t9-,10+. The van der Waals surface area contributed by atoms with Gasteiger partial charge < -0.3 is 24.6 Å². The first-order chi connectivity index (χ1) is 9.11. The topological polar surface area (TPSA) is 79.2 Å². The minimum atomic E-state index is -0.879. The summed E-state index contributed by atoms with van der Waals surface area (Å²) in [5.74, 6) is 0.761. The zero-order chi connectivity index (χ0) is 13.8. The fraction of sp³-hybridized carbons (Fsp3) is 0.462. The molecule has 1 aliphatic rings. The van der Waals surface area contributed by atoms with E-state index in [2.05, 4.69) is 0 Å². The minimum absolute atomic E-state index is 0.134. The molecule has 1 heterocycles. The van der Waals surface area contributed by atoms with Crippen molar-refractivity contribution >= 4 is 5.91 Å². The highest BCUT2D eigenvalue weighted by Gasteiger charge is 2.32. The number of nitrogens with zero attached hydrogens (tertiary/aromatic N) is 1. The molecule has 0 unspecified atom stereocenters. The van der Waals surface area contributed by atoms with E-state index in [1.807, 2.05) is 0 Å². The SMILES string of the molecule is COc1ccccc1OCC(=O)N1C[C@@H](O)[C@@H](O)C1. The van der Waals surface area contributed by atoms with Crippen LogP contribution in [-0.4, -0.2) is 60.0 Å². The number of rotatable bonds is 4. The van der Waals surface area contributed by atoms with Gasteiger partial charge in [-0.25, -0.2) is 0 Å². The average Bonchev–Trinajstić information content (AvgIpc) is 2.76. The van der Waals surface area contributed by atoms with Crippen molar-refractivity contribution in [2.45, 2.75) is 12.2 Å². The molecule has 0 aromatic heterocycles. The maximum atomic E-state index is 11.8. The smallest absolute Gasteiger partial charge is 0.260 e. The summed E-state index contributed by atoms with van der Waals surface area (Å²) in [6, 6.07) is 7.04. The lowest BCUT2D eigenvalue weighted by Crippen LogP contribution is -2.34. The van der Waals surface area contributed by atoms with Gasteiger partial charge in [-0.2, -0.15) is 0 Å². The second-order valence-electron chi connectivity index (χ2n) is 4.37. The molecule has 6 nitrogen and oxygen atoms in total. The molecule has 0 spiro atoms. The molecule has 0 saturated carbocycles. The van der Waals surface area contributed by atoms with Gasteiger partial charge in [0.15, 0.2) is 18.1 Å². The van der Waals surface area contributed by atoms with Crippen LogP contribution < -0.4 is 9.47 Å². The van der Waals surface area contributed by atoms with Gasteiger partial charge >= 0.3 is 0 Å². The Kier molecular flexibility index (Phi) is 4.24. The predicted molar refractivity (Wildman–Crippen MR) is 67.1 cm³/mol. The second kappa shape index (κ2) is 5.90. The molecule has 0 aliphatic carbocycles. The first-order valence-electron chi connectivity index (χ1n) is 6.01. The van der Waals surface area contributed by atoms with Crippen LogP contribution in [0.15, 0.2) is 24.3 Å². The molecule has 0 bridgehead atoms. The number of carbonyl (C=O) groups excluding carboxylic acids is 1. The molecular formula is C13H17NO5. The Hall–Kier alpha value is -1.79. The number of methoxy groups -OCH3 is 1. The third kappa shape index (κ3) is 3.15. The van der Waals surface area contributed by atoms with Gasteiger partial charge in [0.1, 0.15) is 0 Å². The van der Waals surface area contributed by atoms with E-state index in [0.717, 1.165) is 0 Å². The highest BCUT2D eigenvalue weighted by molar-refractivity contribution is 5.78. The fourth-order valence-electron chi connectivity index (χ4n) is 1.94. The quantitative estimate of drug-likeness (QED) is 0.778. The summed E-state index contributed by atoms with van der Waals surface area (Å²) < 4.78 is 10.5. The summed E-state index contributed by atoms with van der Waals surface area (Å²) in [7, 11) is 1.53. The highest BCUT2D eigenvalue weighted by Crippen LogP contribution is 2.25. The van der Waals surface area contributed by atoms with E-state index in [1.165, 1.54) is 12.0 Å². The lowest BCUT2D eigenvalue weighted by atomic mass is 10.3. The fourth-order valence-corrected chi connectivity index (χ4v) is 1.94. The van der Waals surface area contributed by atoms with Gasteiger partial charge in [0.25, 0.3) is 5.91 Å². The van der Waals surface area contributed by atoms with Crippen LogP contribution in [0.2, 0.25) is 0 Å². The van der Waals surface area contributed by atoms with Crippen molar-refractivity contribution in [2.75, 3.05) is 26.8 Å². The predicted octanol–water partition coefficient (Wildman–Crippen LogP) is -0.362. The molecule has 0 radical (unpaired) electrons. The molecule has 19 heavy (non-hydrogen) atoms. The van der Waals surface area contributed by atoms with Crippen LogP contribution in [0.3, 0.4) is 0 Å². The van der Waals surface area contributed by atoms with E-state index in [0.29, 0.717) is 11.5 Å². The number of carbonyl (C=O) groups is 1. The number of benzene rings is 1. The third-order valence-electron chi connectivity index (χ3n) is 3.03. The van der Waals surface area contributed by atoms with E-state index in [1.54, 1.807) is 24.3 Å². The van der Waals surface area contributed by atoms with Crippen LogP contribution >= 0.6 is 0 Å². The van der Waals surface area contributed by atoms with Crippen molar-refractivity contribution in [3.05, 3.63) is 24.3 Å².